The Morgan fingerprint density at radius 1 is 0.700 bits per heavy atom. The number of fused-ring (bicyclic) bond motifs is 4. The summed E-state index contributed by atoms with van der Waals surface area (Å²) in [6, 6.07) is -2.26. The number of anilines is 2. The SMILES string of the molecule is CC(C)(C)C(=O)OCOP1(=O)OCC2CC(n3cnc4c(N)ncnc43)C(F)C2OP(=O)(OCOC(=O)C(C)(C)C)OCC2CC(n3cnc4c(N)ncnc43)C(F)C2O1. The monoisotopic (exact) mass is 886 g/mol. The molecule has 4 aromatic rings. The average Bonchev–Trinajstić information content (AvgIpc) is 3.94. The third kappa shape index (κ3) is 8.87. The summed E-state index contributed by atoms with van der Waals surface area (Å²) in [5, 5.41) is 0. The standard InChI is InChI=1S/C34H46F2N10O12P2/c1-33(2,3)31(47)51-15-55-59(49)53-9-17-7-20(46-14-44-24-28(38)40-12-42-30(24)46)22(36)26(17)58-60(50,56-16-52-32(48)34(4,5)6)54-10-18-8-19(21(35)25(18)57-59)45-13-43-23-27(37)39-11-41-29(23)45/h11-14,17-22,25-26H,7-10,15-16H2,1-6H3,(H2,37,39,41)(H2,38,40,42). The lowest BCUT2D eigenvalue weighted by molar-refractivity contribution is -0.161. The van der Waals surface area contributed by atoms with Gasteiger partial charge in [-0.3, -0.25) is 27.7 Å². The van der Waals surface area contributed by atoms with Crippen LogP contribution in [0, 0.1) is 22.7 Å². The van der Waals surface area contributed by atoms with E-state index in [0.717, 1.165) is 0 Å². The van der Waals surface area contributed by atoms with Crippen LogP contribution in [-0.4, -0.2) is 102 Å². The van der Waals surface area contributed by atoms with Crippen LogP contribution in [-0.2, 0) is 55.3 Å². The van der Waals surface area contributed by atoms with E-state index < -0.39 is 114 Å². The first-order valence-electron chi connectivity index (χ1n) is 18.8. The van der Waals surface area contributed by atoms with Crippen molar-refractivity contribution in [3.8, 4) is 0 Å². The number of nitrogens with two attached hydrogens (primary N) is 2. The van der Waals surface area contributed by atoms with Gasteiger partial charge in [0.05, 0.1) is 48.8 Å². The Bertz CT molecular complexity index is 2180. The van der Waals surface area contributed by atoms with E-state index in [1.165, 1.54) is 34.4 Å². The van der Waals surface area contributed by atoms with Crippen LogP contribution in [0.15, 0.2) is 25.3 Å². The molecule has 2 saturated carbocycles. The molecule has 0 aromatic carbocycles. The van der Waals surface area contributed by atoms with E-state index in [9.17, 15) is 18.7 Å². The molecule has 0 radical (unpaired) electrons. The molecule has 0 amide bonds. The quantitative estimate of drug-likeness (QED) is 0.137. The highest BCUT2D eigenvalue weighted by molar-refractivity contribution is 7.48. The first-order valence-corrected chi connectivity index (χ1v) is 21.7. The molecule has 4 aromatic heterocycles. The van der Waals surface area contributed by atoms with Gasteiger partial charge in [-0.1, -0.05) is 0 Å². The third-order valence-corrected chi connectivity index (χ3v) is 13.1. The van der Waals surface area contributed by atoms with Crippen LogP contribution >= 0.6 is 15.6 Å². The number of hydrogen-bond donors (Lipinski definition) is 2. The Morgan fingerprint density at radius 2 is 1.08 bits per heavy atom. The molecule has 3 fully saturated rings. The second-order valence-corrected chi connectivity index (χ2v) is 19.9. The van der Waals surface area contributed by atoms with Gasteiger partial charge in [0.15, 0.2) is 22.9 Å². The summed E-state index contributed by atoms with van der Waals surface area (Å²) in [5.41, 5.74) is 10.7. The number of carbonyl (C=O) groups excluding carboxylic acids is 2. The molecular weight excluding hydrogens is 840 g/mol. The minimum absolute atomic E-state index is 0.0364. The number of alkyl halides is 2. The molecule has 0 bridgehead atoms. The van der Waals surface area contributed by atoms with Crippen molar-refractivity contribution in [2.75, 3.05) is 38.3 Å². The molecule has 60 heavy (non-hydrogen) atoms. The molecule has 328 valence electrons. The van der Waals surface area contributed by atoms with Crippen molar-refractivity contribution in [3.63, 3.8) is 0 Å². The molecule has 2 aliphatic carbocycles. The highest BCUT2D eigenvalue weighted by Gasteiger charge is 2.55. The van der Waals surface area contributed by atoms with Crippen molar-refractivity contribution in [2.45, 2.75) is 91.0 Å². The predicted molar refractivity (Wildman–Crippen MR) is 203 cm³/mol. The molecule has 1 saturated heterocycles. The van der Waals surface area contributed by atoms with Crippen LogP contribution < -0.4 is 11.5 Å². The third-order valence-electron chi connectivity index (χ3n) is 10.3. The summed E-state index contributed by atoms with van der Waals surface area (Å²) in [6.07, 6.45) is -2.80. The number of imidazole rings is 2. The maximum atomic E-state index is 16.9. The minimum atomic E-state index is -4.95. The van der Waals surface area contributed by atoms with E-state index in [2.05, 4.69) is 29.9 Å². The van der Waals surface area contributed by atoms with E-state index >= 15 is 8.78 Å². The summed E-state index contributed by atoms with van der Waals surface area (Å²) >= 11 is 0. The molecule has 4 N–H and O–H groups in total. The Labute approximate surface area is 341 Å². The van der Waals surface area contributed by atoms with Crippen LogP contribution in [0.25, 0.3) is 22.3 Å². The van der Waals surface area contributed by atoms with Gasteiger partial charge in [0.2, 0.25) is 13.6 Å². The Balaban J connectivity index is 1.24. The highest BCUT2D eigenvalue weighted by Crippen LogP contribution is 2.60. The summed E-state index contributed by atoms with van der Waals surface area (Å²) in [6.45, 7) is 6.30. The lowest BCUT2D eigenvalue weighted by Gasteiger charge is -2.31. The molecule has 10 atom stereocenters. The van der Waals surface area contributed by atoms with Crippen molar-refractivity contribution in [2.24, 2.45) is 22.7 Å². The van der Waals surface area contributed by atoms with Gasteiger partial charge in [-0.25, -0.2) is 56.9 Å². The molecule has 10 unspecified atom stereocenters. The highest BCUT2D eigenvalue weighted by atomic mass is 31.2. The molecule has 3 aliphatic rings. The number of aromatic nitrogens is 8. The number of rotatable bonds is 8. The molecule has 5 heterocycles. The number of phosphoric ester groups is 2. The predicted octanol–water partition coefficient (Wildman–Crippen LogP) is 4.79. The van der Waals surface area contributed by atoms with Crippen LogP contribution in [0.3, 0.4) is 0 Å². The average molecular weight is 887 g/mol. The molecule has 7 rings (SSSR count). The van der Waals surface area contributed by atoms with E-state index in [1.54, 1.807) is 41.5 Å². The number of ether oxygens (including phenoxy) is 2. The maximum absolute atomic E-state index is 16.9. The second kappa shape index (κ2) is 16.5. The zero-order valence-corrected chi connectivity index (χ0v) is 35.2. The van der Waals surface area contributed by atoms with Gasteiger partial charge in [-0.2, -0.15) is 0 Å². The fraction of sp³-hybridized carbons (Fsp3) is 0.647. The van der Waals surface area contributed by atoms with Crippen LogP contribution in [0.4, 0.5) is 20.4 Å². The van der Waals surface area contributed by atoms with Crippen LogP contribution in [0.1, 0.15) is 66.5 Å². The smallest absolute Gasteiger partial charge is 0.437 e. The van der Waals surface area contributed by atoms with E-state index in [0.29, 0.717) is 0 Å². The van der Waals surface area contributed by atoms with Crippen molar-refractivity contribution >= 4 is 61.5 Å². The van der Waals surface area contributed by atoms with E-state index in [-0.39, 0.29) is 46.8 Å². The van der Waals surface area contributed by atoms with Gasteiger partial charge in [-0.05, 0) is 54.4 Å². The minimum Gasteiger partial charge on any atom is -0.437 e. The first kappa shape index (κ1) is 43.8. The number of esters is 2. The summed E-state index contributed by atoms with van der Waals surface area (Å²) < 4.78 is 111. The van der Waals surface area contributed by atoms with Crippen molar-refractivity contribution in [3.05, 3.63) is 25.3 Å². The topological polar surface area (TPSA) is 281 Å². The van der Waals surface area contributed by atoms with Gasteiger partial charge in [0, 0.05) is 11.8 Å². The summed E-state index contributed by atoms with van der Waals surface area (Å²) in [4.78, 5) is 49.9. The fourth-order valence-corrected chi connectivity index (χ4v) is 9.75. The number of hydrogen-bond acceptors (Lipinski definition) is 20. The zero-order chi connectivity index (χ0) is 43.4. The number of nitrogen functional groups attached to an aromatic ring is 2. The van der Waals surface area contributed by atoms with Crippen LogP contribution in [0.5, 0.6) is 0 Å². The van der Waals surface area contributed by atoms with Gasteiger partial charge < -0.3 is 30.1 Å². The number of nitrogens with zero attached hydrogens (tertiary/aromatic N) is 8. The Morgan fingerprint density at radius 3 is 1.45 bits per heavy atom. The molecule has 22 nitrogen and oxygen atoms in total. The lowest BCUT2D eigenvalue weighted by Crippen LogP contribution is -2.34. The van der Waals surface area contributed by atoms with Crippen molar-refractivity contribution in [1.29, 1.82) is 0 Å². The Hall–Kier alpha value is -4.28. The second-order valence-electron chi connectivity index (χ2n) is 16.7. The number of phosphoric acid groups is 2. The fourth-order valence-electron chi connectivity index (χ4n) is 7.07. The number of carbonyl (C=O) groups is 2. The lowest BCUT2D eigenvalue weighted by atomic mass is 9.98. The van der Waals surface area contributed by atoms with Crippen LogP contribution in [0.2, 0.25) is 0 Å². The summed E-state index contributed by atoms with van der Waals surface area (Å²) in [7, 11) is -9.89. The number of halogens is 2. The van der Waals surface area contributed by atoms with Gasteiger partial charge in [-0.15, -0.1) is 0 Å². The van der Waals surface area contributed by atoms with Gasteiger partial charge in [0.1, 0.15) is 48.2 Å². The van der Waals surface area contributed by atoms with E-state index in [4.69, 9.17) is 48.1 Å². The molecule has 1 aliphatic heterocycles. The normalized spacial score (nSPS) is 31.6. The maximum Gasteiger partial charge on any atom is 0.478 e. The molecule has 0 spiro atoms. The van der Waals surface area contributed by atoms with E-state index in [1.807, 2.05) is 0 Å². The zero-order valence-electron chi connectivity index (χ0n) is 33.5. The van der Waals surface area contributed by atoms with Gasteiger partial charge in [0.25, 0.3) is 0 Å². The first-order chi connectivity index (χ1) is 28.2. The summed E-state index contributed by atoms with van der Waals surface area (Å²) in [5.74, 6) is -3.64. The molecular formula is C34H46F2N10O12P2. The molecule has 26 heteroatoms. The Kier molecular flexibility index (Phi) is 12.1. The largest absolute Gasteiger partial charge is 0.478 e. The van der Waals surface area contributed by atoms with Crippen molar-refractivity contribution in [1.82, 2.24) is 39.0 Å². The van der Waals surface area contributed by atoms with Crippen molar-refractivity contribution < 1.29 is 64.1 Å². The van der Waals surface area contributed by atoms with Gasteiger partial charge >= 0.3 is 27.6 Å².